The van der Waals surface area contributed by atoms with Crippen LogP contribution in [0.25, 0.3) is 0 Å². The molecule has 0 saturated heterocycles. The number of hydrogen-bond acceptors (Lipinski definition) is 2. The van der Waals surface area contributed by atoms with Crippen molar-refractivity contribution in [1.29, 1.82) is 0 Å². The highest BCUT2D eigenvalue weighted by Crippen LogP contribution is 2.19. The predicted octanol–water partition coefficient (Wildman–Crippen LogP) is 1.95. The molecule has 0 aliphatic rings. The number of unbranched alkanes of at least 4 members (excludes halogenated alkanes) is 1. The monoisotopic (exact) mass is 230 g/mol. The molecule has 0 aliphatic carbocycles. The highest BCUT2D eigenvalue weighted by molar-refractivity contribution is 7.80. The van der Waals surface area contributed by atoms with Gasteiger partial charge in [-0.1, -0.05) is 25.6 Å². The summed E-state index contributed by atoms with van der Waals surface area (Å²) in [6, 6.07) is 0. The highest BCUT2D eigenvalue weighted by Gasteiger charge is 2.33. The van der Waals surface area contributed by atoms with Crippen LogP contribution >= 0.6 is 12.2 Å². The summed E-state index contributed by atoms with van der Waals surface area (Å²) in [5, 5.41) is 0. The first-order valence-electron chi connectivity index (χ1n) is 5.47. The molecule has 0 aromatic rings. The quantitative estimate of drug-likeness (QED) is 0.709. The van der Waals surface area contributed by atoms with E-state index in [2.05, 4.69) is 6.92 Å². The van der Waals surface area contributed by atoms with Gasteiger partial charge in [0, 0.05) is 13.1 Å². The van der Waals surface area contributed by atoms with Gasteiger partial charge in [-0.3, -0.25) is 4.79 Å². The molecule has 0 unspecified atom stereocenters. The molecular weight excluding hydrogens is 208 g/mol. The number of carbonyl (C=O) groups is 1. The first-order valence-corrected chi connectivity index (χ1v) is 5.88. The number of thiocarbonyl (C=S) groups is 1. The van der Waals surface area contributed by atoms with Crippen LogP contribution in [0.5, 0.6) is 0 Å². The minimum atomic E-state index is -0.723. The summed E-state index contributed by atoms with van der Waals surface area (Å²) in [7, 11) is 0. The molecule has 0 aromatic heterocycles. The van der Waals surface area contributed by atoms with Gasteiger partial charge in [0.2, 0.25) is 5.91 Å². The molecule has 15 heavy (non-hydrogen) atoms. The average molecular weight is 230 g/mol. The van der Waals surface area contributed by atoms with Gasteiger partial charge in [-0.25, -0.2) is 0 Å². The number of hydrogen-bond donors (Lipinski definition) is 1. The van der Waals surface area contributed by atoms with E-state index in [0.29, 0.717) is 6.54 Å². The largest absolute Gasteiger partial charge is 0.392 e. The van der Waals surface area contributed by atoms with Crippen LogP contribution in [0.3, 0.4) is 0 Å². The molecule has 0 bridgehead atoms. The SMILES string of the molecule is CCCCN(CC)C(=O)C(C)(C)C(N)=S. The van der Waals surface area contributed by atoms with Crippen molar-refractivity contribution >= 4 is 23.1 Å². The van der Waals surface area contributed by atoms with Gasteiger partial charge >= 0.3 is 0 Å². The van der Waals surface area contributed by atoms with E-state index in [1.165, 1.54) is 0 Å². The van der Waals surface area contributed by atoms with Gasteiger partial charge in [0.15, 0.2) is 0 Å². The van der Waals surface area contributed by atoms with Gasteiger partial charge < -0.3 is 10.6 Å². The Hall–Kier alpha value is -0.640. The lowest BCUT2D eigenvalue weighted by Crippen LogP contribution is -2.47. The third kappa shape index (κ3) is 3.78. The van der Waals surface area contributed by atoms with Crippen LogP contribution in [-0.4, -0.2) is 28.9 Å². The lowest BCUT2D eigenvalue weighted by atomic mass is 9.91. The van der Waals surface area contributed by atoms with E-state index in [1.807, 2.05) is 11.8 Å². The molecule has 0 radical (unpaired) electrons. The fourth-order valence-electron chi connectivity index (χ4n) is 1.25. The van der Waals surface area contributed by atoms with Crippen molar-refractivity contribution in [3.05, 3.63) is 0 Å². The van der Waals surface area contributed by atoms with Gasteiger partial charge in [-0.05, 0) is 27.2 Å². The molecule has 1 amide bonds. The predicted molar refractivity (Wildman–Crippen MR) is 67.7 cm³/mol. The zero-order valence-corrected chi connectivity index (χ0v) is 11.0. The molecular formula is C11H22N2OS. The lowest BCUT2D eigenvalue weighted by Gasteiger charge is -2.30. The Balaban J connectivity index is 4.57. The van der Waals surface area contributed by atoms with Crippen LogP contribution in [0.1, 0.15) is 40.5 Å². The summed E-state index contributed by atoms with van der Waals surface area (Å²) in [6.45, 7) is 9.15. The first kappa shape index (κ1) is 14.4. The maximum absolute atomic E-state index is 12.1. The third-order valence-electron chi connectivity index (χ3n) is 2.60. The molecule has 0 heterocycles. The number of rotatable bonds is 6. The standard InChI is InChI=1S/C11H22N2OS/c1-5-7-8-13(6-2)10(14)11(3,4)9(12)15/h5-8H2,1-4H3,(H2,12,15). The second-order valence-corrected chi connectivity index (χ2v) is 4.67. The molecule has 88 valence electrons. The Bertz CT molecular complexity index is 239. The van der Waals surface area contributed by atoms with E-state index in [1.54, 1.807) is 13.8 Å². The van der Waals surface area contributed by atoms with Gasteiger partial charge in [0.05, 0.1) is 10.4 Å². The van der Waals surface area contributed by atoms with E-state index in [0.717, 1.165) is 19.4 Å². The van der Waals surface area contributed by atoms with Gasteiger partial charge in [0.25, 0.3) is 0 Å². The molecule has 4 heteroatoms. The minimum absolute atomic E-state index is 0.0333. The maximum Gasteiger partial charge on any atom is 0.235 e. The van der Waals surface area contributed by atoms with Crippen molar-refractivity contribution in [3.8, 4) is 0 Å². The zero-order chi connectivity index (χ0) is 12.1. The van der Waals surface area contributed by atoms with Crippen LogP contribution in [0.4, 0.5) is 0 Å². The molecule has 0 fully saturated rings. The molecule has 0 saturated carbocycles. The van der Waals surface area contributed by atoms with Gasteiger partial charge in [0.1, 0.15) is 0 Å². The molecule has 2 N–H and O–H groups in total. The van der Waals surface area contributed by atoms with Crippen molar-refractivity contribution in [2.75, 3.05) is 13.1 Å². The van der Waals surface area contributed by atoms with Crippen LogP contribution in [0.2, 0.25) is 0 Å². The Kier molecular flexibility index (Phi) is 5.80. The summed E-state index contributed by atoms with van der Waals surface area (Å²) < 4.78 is 0. The summed E-state index contributed by atoms with van der Waals surface area (Å²) in [6.07, 6.45) is 2.10. The molecule has 0 spiro atoms. The maximum atomic E-state index is 12.1. The molecule has 0 rings (SSSR count). The van der Waals surface area contributed by atoms with E-state index in [4.69, 9.17) is 18.0 Å². The van der Waals surface area contributed by atoms with Crippen molar-refractivity contribution < 1.29 is 4.79 Å². The van der Waals surface area contributed by atoms with Crippen molar-refractivity contribution in [2.45, 2.75) is 40.5 Å². The van der Waals surface area contributed by atoms with E-state index in [-0.39, 0.29) is 10.9 Å². The molecule has 0 aliphatic heterocycles. The number of nitrogens with two attached hydrogens (primary N) is 1. The zero-order valence-electron chi connectivity index (χ0n) is 10.2. The summed E-state index contributed by atoms with van der Waals surface area (Å²) in [5.74, 6) is 0.0333. The van der Waals surface area contributed by atoms with Crippen LogP contribution < -0.4 is 5.73 Å². The van der Waals surface area contributed by atoms with E-state index < -0.39 is 5.41 Å². The number of amides is 1. The summed E-state index contributed by atoms with van der Waals surface area (Å²) in [5.41, 5.74) is 4.85. The van der Waals surface area contributed by atoms with Crippen molar-refractivity contribution in [3.63, 3.8) is 0 Å². The van der Waals surface area contributed by atoms with Crippen LogP contribution in [0.15, 0.2) is 0 Å². The summed E-state index contributed by atoms with van der Waals surface area (Å²) in [4.78, 5) is 14.2. The Labute approximate surface area is 98.0 Å². The van der Waals surface area contributed by atoms with E-state index >= 15 is 0 Å². The number of nitrogens with zero attached hydrogens (tertiary/aromatic N) is 1. The molecule has 0 atom stereocenters. The topological polar surface area (TPSA) is 46.3 Å². The van der Waals surface area contributed by atoms with Crippen molar-refractivity contribution in [2.24, 2.45) is 11.1 Å². The Morgan fingerprint density at radius 2 is 1.93 bits per heavy atom. The number of carbonyl (C=O) groups excluding carboxylic acids is 1. The van der Waals surface area contributed by atoms with Crippen molar-refractivity contribution in [1.82, 2.24) is 4.90 Å². The fourth-order valence-corrected chi connectivity index (χ4v) is 1.34. The third-order valence-corrected chi connectivity index (χ3v) is 3.11. The lowest BCUT2D eigenvalue weighted by molar-refractivity contribution is -0.136. The van der Waals surface area contributed by atoms with E-state index in [9.17, 15) is 4.79 Å². The van der Waals surface area contributed by atoms with Gasteiger partial charge in [-0.2, -0.15) is 0 Å². The fraction of sp³-hybridized carbons (Fsp3) is 0.818. The highest BCUT2D eigenvalue weighted by atomic mass is 32.1. The molecule has 3 nitrogen and oxygen atoms in total. The Morgan fingerprint density at radius 3 is 2.27 bits per heavy atom. The average Bonchev–Trinajstić information content (AvgIpc) is 2.18. The second kappa shape index (κ2) is 6.05. The molecule has 0 aromatic carbocycles. The van der Waals surface area contributed by atoms with Crippen LogP contribution in [0, 0.1) is 5.41 Å². The summed E-state index contributed by atoms with van der Waals surface area (Å²) >= 11 is 4.92. The minimum Gasteiger partial charge on any atom is -0.392 e. The van der Waals surface area contributed by atoms with Gasteiger partial charge in [-0.15, -0.1) is 0 Å². The smallest absolute Gasteiger partial charge is 0.235 e. The Morgan fingerprint density at radius 1 is 1.40 bits per heavy atom. The second-order valence-electron chi connectivity index (χ2n) is 4.23. The first-order chi connectivity index (χ1) is 6.87. The van der Waals surface area contributed by atoms with Crippen LogP contribution in [-0.2, 0) is 4.79 Å². The normalized spacial score (nSPS) is 11.2.